The van der Waals surface area contributed by atoms with Gasteiger partial charge in [0.05, 0.1) is 23.3 Å². The van der Waals surface area contributed by atoms with Gasteiger partial charge in [0.25, 0.3) is 5.56 Å². The van der Waals surface area contributed by atoms with E-state index in [4.69, 9.17) is 0 Å². The summed E-state index contributed by atoms with van der Waals surface area (Å²) in [5, 5.41) is 7.39. The summed E-state index contributed by atoms with van der Waals surface area (Å²) in [6, 6.07) is 23.1. The summed E-state index contributed by atoms with van der Waals surface area (Å²) in [5.41, 5.74) is 7.31. The molecule has 31 heavy (non-hydrogen) atoms. The van der Waals surface area contributed by atoms with Gasteiger partial charge >= 0.3 is 0 Å². The molecule has 0 saturated heterocycles. The van der Waals surface area contributed by atoms with E-state index in [2.05, 4.69) is 15.8 Å². The van der Waals surface area contributed by atoms with Crippen LogP contribution in [-0.2, 0) is 7.05 Å². The first-order valence-electron chi connectivity index (χ1n) is 9.79. The van der Waals surface area contributed by atoms with Gasteiger partial charge in [0, 0.05) is 12.7 Å². The summed E-state index contributed by atoms with van der Waals surface area (Å²) in [6.07, 6.45) is 1.67. The maximum absolute atomic E-state index is 13.0. The molecule has 0 spiro atoms. The summed E-state index contributed by atoms with van der Waals surface area (Å²) in [4.78, 5) is 13.0. The first-order chi connectivity index (χ1) is 15.0. The molecule has 1 heterocycles. The van der Waals surface area contributed by atoms with Crippen LogP contribution in [0.5, 0.6) is 0 Å². The van der Waals surface area contributed by atoms with Gasteiger partial charge in [-0.2, -0.15) is 5.10 Å². The molecule has 4 rings (SSSR count). The van der Waals surface area contributed by atoms with Crippen LogP contribution in [0.2, 0.25) is 0 Å². The molecule has 0 fully saturated rings. The van der Waals surface area contributed by atoms with Crippen LogP contribution in [0.25, 0.3) is 5.69 Å². The zero-order chi connectivity index (χ0) is 21.8. The molecule has 0 saturated carbocycles. The summed E-state index contributed by atoms with van der Waals surface area (Å²) in [7, 11) is 1.86. The third kappa shape index (κ3) is 4.40. The fourth-order valence-electron chi connectivity index (χ4n) is 3.21. The number of hydrogen-bond donors (Lipinski definition) is 2. The Morgan fingerprint density at radius 2 is 1.55 bits per heavy atom. The Hall–Kier alpha value is -4.13. The standard InChI is InChI=1S/C24H22FN5O/c1-17-23(24(31)30(29(17)2)22-6-4-3-5-7-22)27-20-12-8-18(9-13-20)16-26-28-21-14-10-19(25)11-15-21/h3-16,27-28H,1-2H3/b26-16-. The van der Waals surface area contributed by atoms with Gasteiger partial charge < -0.3 is 5.32 Å². The van der Waals surface area contributed by atoms with Gasteiger partial charge in [0.2, 0.25) is 0 Å². The molecule has 0 unspecified atom stereocenters. The molecule has 0 amide bonds. The second kappa shape index (κ2) is 8.71. The highest BCUT2D eigenvalue weighted by atomic mass is 19.1. The van der Waals surface area contributed by atoms with Crippen molar-refractivity contribution < 1.29 is 4.39 Å². The Balaban J connectivity index is 1.49. The molecule has 0 radical (unpaired) electrons. The van der Waals surface area contributed by atoms with Crippen molar-refractivity contribution in [2.75, 3.05) is 10.7 Å². The second-order valence-corrected chi connectivity index (χ2v) is 7.06. The molecule has 0 atom stereocenters. The lowest BCUT2D eigenvalue weighted by atomic mass is 10.2. The first kappa shape index (κ1) is 20.2. The molecule has 156 valence electrons. The minimum Gasteiger partial charge on any atom is -0.349 e. The second-order valence-electron chi connectivity index (χ2n) is 7.06. The van der Waals surface area contributed by atoms with Crippen molar-refractivity contribution in [3.63, 3.8) is 0 Å². The topological polar surface area (TPSA) is 63.4 Å². The number of nitrogens with zero attached hydrogens (tertiary/aromatic N) is 3. The average molecular weight is 415 g/mol. The van der Waals surface area contributed by atoms with E-state index in [9.17, 15) is 9.18 Å². The highest BCUT2D eigenvalue weighted by Crippen LogP contribution is 2.19. The quantitative estimate of drug-likeness (QED) is 0.351. The predicted molar refractivity (Wildman–Crippen MR) is 123 cm³/mol. The van der Waals surface area contributed by atoms with Gasteiger partial charge in [-0.1, -0.05) is 30.3 Å². The first-order valence-corrected chi connectivity index (χ1v) is 9.79. The molecule has 4 aromatic rings. The Kier molecular flexibility index (Phi) is 5.66. The number of hydrogen-bond acceptors (Lipinski definition) is 4. The fourth-order valence-corrected chi connectivity index (χ4v) is 3.21. The molecule has 0 bridgehead atoms. The van der Waals surface area contributed by atoms with Crippen LogP contribution in [0, 0.1) is 12.7 Å². The normalized spacial score (nSPS) is 11.1. The zero-order valence-electron chi connectivity index (χ0n) is 17.2. The van der Waals surface area contributed by atoms with Crippen molar-refractivity contribution in [1.82, 2.24) is 9.36 Å². The molecule has 1 aromatic heterocycles. The Morgan fingerprint density at radius 3 is 2.23 bits per heavy atom. The van der Waals surface area contributed by atoms with Crippen LogP contribution < -0.4 is 16.3 Å². The van der Waals surface area contributed by atoms with Crippen LogP contribution in [-0.4, -0.2) is 15.6 Å². The smallest absolute Gasteiger partial charge is 0.295 e. The molecule has 0 aliphatic carbocycles. The molecular weight excluding hydrogens is 393 g/mol. The molecule has 6 nitrogen and oxygen atoms in total. The molecule has 0 aliphatic rings. The monoisotopic (exact) mass is 415 g/mol. The number of nitrogens with one attached hydrogen (secondary N) is 2. The summed E-state index contributed by atoms with van der Waals surface area (Å²) >= 11 is 0. The minimum atomic E-state index is -0.290. The molecule has 7 heteroatoms. The van der Waals surface area contributed by atoms with E-state index in [1.165, 1.54) is 12.1 Å². The largest absolute Gasteiger partial charge is 0.349 e. The number of aromatic nitrogens is 2. The number of benzene rings is 3. The van der Waals surface area contributed by atoms with Gasteiger partial charge in [0.1, 0.15) is 11.5 Å². The third-order valence-electron chi connectivity index (χ3n) is 4.99. The van der Waals surface area contributed by atoms with E-state index in [0.717, 1.165) is 22.6 Å². The van der Waals surface area contributed by atoms with Crippen molar-refractivity contribution in [3.05, 3.63) is 106 Å². The average Bonchev–Trinajstić information content (AvgIpc) is 3.00. The Labute approximate surface area is 179 Å². The van der Waals surface area contributed by atoms with Crippen molar-refractivity contribution in [3.8, 4) is 5.69 Å². The van der Waals surface area contributed by atoms with Crippen molar-refractivity contribution in [1.29, 1.82) is 0 Å². The van der Waals surface area contributed by atoms with Crippen molar-refractivity contribution in [2.45, 2.75) is 6.92 Å². The Bertz CT molecular complexity index is 1260. The zero-order valence-corrected chi connectivity index (χ0v) is 17.2. The predicted octanol–water partition coefficient (Wildman–Crippen LogP) is 4.81. The van der Waals surface area contributed by atoms with Crippen LogP contribution in [0.3, 0.4) is 0 Å². The molecule has 2 N–H and O–H groups in total. The Morgan fingerprint density at radius 1 is 0.903 bits per heavy atom. The summed E-state index contributed by atoms with van der Waals surface area (Å²) in [5.74, 6) is -0.290. The molecule has 3 aromatic carbocycles. The number of halogens is 1. The van der Waals surface area contributed by atoms with Crippen LogP contribution in [0.15, 0.2) is 88.8 Å². The van der Waals surface area contributed by atoms with Gasteiger partial charge in [-0.25, -0.2) is 9.07 Å². The highest BCUT2D eigenvalue weighted by Gasteiger charge is 2.16. The lowest BCUT2D eigenvalue weighted by Crippen LogP contribution is -2.20. The van der Waals surface area contributed by atoms with E-state index in [0.29, 0.717) is 11.4 Å². The number of anilines is 3. The maximum atomic E-state index is 13.0. The van der Waals surface area contributed by atoms with Gasteiger partial charge in [-0.15, -0.1) is 0 Å². The summed E-state index contributed by atoms with van der Waals surface area (Å²) in [6.45, 7) is 1.91. The van der Waals surface area contributed by atoms with E-state index < -0.39 is 0 Å². The van der Waals surface area contributed by atoms with Gasteiger partial charge in [-0.3, -0.25) is 14.9 Å². The maximum Gasteiger partial charge on any atom is 0.295 e. The van der Waals surface area contributed by atoms with E-state index in [1.54, 1.807) is 23.0 Å². The number of para-hydroxylation sites is 1. The minimum absolute atomic E-state index is 0.111. The van der Waals surface area contributed by atoms with Crippen LogP contribution in [0.4, 0.5) is 21.5 Å². The highest BCUT2D eigenvalue weighted by molar-refractivity contribution is 5.81. The van der Waals surface area contributed by atoms with Crippen molar-refractivity contribution >= 4 is 23.3 Å². The summed E-state index contributed by atoms with van der Waals surface area (Å²) < 4.78 is 16.4. The van der Waals surface area contributed by atoms with Gasteiger partial charge in [-0.05, 0) is 61.0 Å². The third-order valence-corrected chi connectivity index (χ3v) is 4.99. The number of hydrazone groups is 1. The number of rotatable bonds is 6. The van der Waals surface area contributed by atoms with Crippen LogP contribution in [0.1, 0.15) is 11.3 Å². The molecular formula is C24H22FN5O. The molecule has 0 aliphatic heterocycles. The van der Waals surface area contributed by atoms with Crippen molar-refractivity contribution in [2.24, 2.45) is 12.1 Å². The van der Waals surface area contributed by atoms with E-state index in [-0.39, 0.29) is 11.4 Å². The van der Waals surface area contributed by atoms with E-state index >= 15 is 0 Å². The van der Waals surface area contributed by atoms with E-state index in [1.807, 2.05) is 73.3 Å². The SMILES string of the molecule is Cc1c(Nc2ccc(/C=N\Nc3ccc(F)cc3)cc2)c(=O)n(-c2ccccc2)n1C. The lowest BCUT2D eigenvalue weighted by molar-refractivity contribution is 0.628. The lowest BCUT2D eigenvalue weighted by Gasteiger charge is -2.07. The van der Waals surface area contributed by atoms with Crippen LogP contribution >= 0.6 is 0 Å². The van der Waals surface area contributed by atoms with Gasteiger partial charge in [0.15, 0.2) is 0 Å². The fraction of sp³-hybridized carbons (Fsp3) is 0.0833.